The van der Waals surface area contributed by atoms with Crippen molar-refractivity contribution >= 4 is 5.71 Å². The maximum Gasteiger partial charge on any atom is 0.417 e. The second kappa shape index (κ2) is 7.04. The lowest BCUT2D eigenvalue weighted by Gasteiger charge is -2.16. The average Bonchev–Trinajstić information content (AvgIpc) is 2.54. The van der Waals surface area contributed by atoms with Crippen LogP contribution in [0.15, 0.2) is 40.2 Å². The molecule has 0 radical (unpaired) electrons. The molecule has 0 bridgehead atoms. The third-order valence-electron chi connectivity index (χ3n) is 3.84. The number of pyridine rings is 1. The van der Waals surface area contributed by atoms with Crippen LogP contribution in [-0.2, 0) is 6.18 Å². The molecular weight excluding hydrogens is 347 g/mol. The van der Waals surface area contributed by atoms with Gasteiger partial charge >= 0.3 is 6.18 Å². The topological polar surface area (TPSA) is 78.4 Å². The number of alkyl halides is 3. The third kappa shape index (κ3) is 3.77. The fraction of sp³-hybridized carbons (Fsp3) is 0.278. The van der Waals surface area contributed by atoms with Crippen molar-refractivity contribution in [2.45, 2.75) is 26.9 Å². The summed E-state index contributed by atoms with van der Waals surface area (Å²) in [4.78, 5) is 12.6. The molecule has 8 heteroatoms. The van der Waals surface area contributed by atoms with Gasteiger partial charge in [0.2, 0.25) is 0 Å². The van der Waals surface area contributed by atoms with Crippen LogP contribution in [0.2, 0.25) is 0 Å². The summed E-state index contributed by atoms with van der Waals surface area (Å²) in [5.74, 6) is -0.240. The highest BCUT2D eigenvalue weighted by Crippen LogP contribution is 2.34. The molecule has 0 atom stereocenters. The Bertz CT molecular complexity index is 967. The Morgan fingerprint density at radius 3 is 2.46 bits per heavy atom. The molecule has 0 saturated carbocycles. The van der Waals surface area contributed by atoms with Gasteiger partial charge in [-0.1, -0.05) is 26.0 Å². The predicted octanol–water partition coefficient (Wildman–Crippen LogP) is 3.99. The first-order valence-corrected chi connectivity index (χ1v) is 7.68. The molecule has 2 rings (SSSR count). The van der Waals surface area contributed by atoms with Gasteiger partial charge in [0.15, 0.2) is 0 Å². The van der Waals surface area contributed by atoms with E-state index < -0.39 is 22.9 Å². The summed E-state index contributed by atoms with van der Waals surface area (Å²) in [7, 11) is 0. The first kappa shape index (κ1) is 19.2. The van der Waals surface area contributed by atoms with E-state index in [1.165, 1.54) is 30.3 Å². The summed E-state index contributed by atoms with van der Waals surface area (Å²) in [6.07, 6.45) is -4.88. The predicted molar refractivity (Wildman–Crippen MR) is 90.9 cm³/mol. The van der Waals surface area contributed by atoms with Crippen LogP contribution in [0.1, 0.15) is 31.9 Å². The molecule has 1 aromatic heterocycles. The standard InChI is InChI=1S/C18H16F3N3O2/c1-10(2)11(3)23-24-16(12-5-4-6-13(25)7-12)8-15(18(19,20)21)14(9-22)17(24)26/h4-8,10,25H,1-3H3/b23-11+. The van der Waals surface area contributed by atoms with Crippen molar-refractivity contribution in [3.8, 4) is 23.1 Å². The van der Waals surface area contributed by atoms with E-state index >= 15 is 0 Å². The number of nitriles is 1. The Hall–Kier alpha value is -3.08. The zero-order valence-corrected chi connectivity index (χ0v) is 14.3. The minimum Gasteiger partial charge on any atom is -0.508 e. The van der Waals surface area contributed by atoms with Crippen LogP contribution in [0.25, 0.3) is 11.3 Å². The number of rotatable bonds is 3. The SMILES string of the molecule is C/C(=N\n1c(-c2cccc(O)c2)cc(C(F)(F)F)c(C#N)c1=O)C(C)C. The molecule has 0 unspecified atom stereocenters. The maximum absolute atomic E-state index is 13.3. The lowest BCUT2D eigenvalue weighted by molar-refractivity contribution is -0.137. The molecule has 1 heterocycles. The van der Waals surface area contributed by atoms with E-state index in [1.807, 2.05) is 13.8 Å². The molecule has 26 heavy (non-hydrogen) atoms. The van der Waals surface area contributed by atoms with Crippen molar-refractivity contribution in [3.05, 3.63) is 51.8 Å². The van der Waals surface area contributed by atoms with Crippen molar-refractivity contribution in [1.82, 2.24) is 4.68 Å². The summed E-state index contributed by atoms with van der Waals surface area (Å²) < 4.78 is 40.8. The molecule has 0 amide bonds. The minimum absolute atomic E-state index is 0.0632. The van der Waals surface area contributed by atoms with Crippen LogP contribution >= 0.6 is 0 Å². The Kier molecular flexibility index (Phi) is 5.21. The maximum atomic E-state index is 13.3. The van der Waals surface area contributed by atoms with Gasteiger partial charge in [0.1, 0.15) is 17.4 Å². The molecule has 0 aliphatic carbocycles. The molecule has 0 spiro atoms. The molecule has 136 valence electrons. The highest BCUT2D eigenvalue weighted by molar-refractivity contribution is 5.84. The fourth-order valence-electron chi connectivity index (χ4n) is 2.18. The van der Waals surface area contributed by atoms with E-state index in [0.29, 0.717) is 11.8 Å². The molecule has 1 aromatic carbocycles. The molecule has 2 aromatic rings. The summed E-state index contributed by atoms with van der Waals surface area (Å²) in [5.41, 5.74) is -3.04. The quantitative estimate of drug-likeness (QED) is 0.838. The molecule has 0 fully saturated rings. The van der Waals surface area contributed by atoms with Crippen LogP contribution in [0.5, 0.6) is 5.75 Å². The summed E-state index contributed by atoms with van der Waals surface area (Å²) in [5, 5.41) is 22.8. The molecule has 5 nitrogen and oxygen atoms in total. The zero-order valence-electron chi connectivity index (χ0n) is 14.3. The first-order valence-electron chi connectivity index (χ1n) is 7.68. The zero-order chi connectivity index (χ0) is 19.6. The fourth-order valence-corrected chi connectivity index (χ4v) is 2.18. The van der Waals surface area contributed by atoms with Crippen LogP contribution in [-0.4, -0.2) is 15.5 Å². The number of hydrogen-bond acceptors (Lipinski definition) is 4. The van der Waals surface area contributed by atoms with Gasteiger partial charge in [-0.2, -0.15) is 28.2 Å². The Morgan fingerprint density at radius 2 is 1.96 bits per heavy atom. The number of aromatic nitrogens is 1. The van der Waals surface area contributed by atoms with Gasteiger partial charge < -0.3 is 5.11 Å². The van der Waals surface area contributed by atoms with E-state index in [4.69, 9.17) is 5.26 Å². The van der Waals surface area contributed by atoms with E-state index in [2.05, 4.69) is 5.10 Å². The number of aromatic hydroxyl groups is 1. The van der Waals surface area contributed by atoms with Crippen LogP contribution < -0.4 is 5.56 Å². The minimum atomic E-state index is -4.88. The monoisotopic (exact) mass is 363 g/mol. The Morgan fingerprint density at radius 1 is 1.31 bits per heavy atom. The van der Waals surface area contributed by atoms with Gasteiger partial charge in [0, 0.05) is 11.3 Å². The van der Waals surface area contributed by atoms with Crippen LogP contribution in [0, 0.1) is 17.2 Å². The van der Waals surface area contributed by atoms with Crippen molar-refractivity contribution < 1.29 is 18.3 Å². The van der Waals surface area contributed by atoms with Crippen molar-refractivity contribution in [3.63, 3.8) is 0 Å². The summed E-state index contributed by atoms with van der Waals surface area (Å²) in [6, 6.07) is 7.48. The Balaban J connectivity index is 2.96. The first-order chi connectivity index (χ1) is 12.1. The van der Waals surface area contributed by atoms with Gasteiger partial charge in [-0.05, 0) is 31.0 Å². The molecule has 1 N–H and O–H groups in total. The van der Waals surface area contributed by atoms with Gasteiger partial charge in [0.25, 0.3) is 5.56 Å². The van der Waals surface area contributed by atoms with Crippen molar-refractivity contribution in [1.29, 1.82) is 5.26 Å². The number of phenolic OH excluding ortho intramolecular Hbond substituents is 1. The third-order valence-corrected chi connectivity index (χ3v) is 3.84. The molecule has 0 aliphatic heterocycles. The number of benzene rings is 1. The van der Waals surface area contributed by atoms with E-state index in [-0.39, 0.29) is 22.9 Å². The van der Waals surface area contributed by atoms with Gasteiger partial charge in [0.05, 0.1) is 11.3 Å². The highest BCUT2D eigenvalue weighted by Gasteiger charge is 2.36. The number of nitrogens with zero attached hydrogens (tertiary/aromatic N) is 3. The Labute approximate surface area is 147 Å². The molecule has 0 saturated heterocycles. The normalized spacial score (nSPS) is 12.3. The smallest absolute Gasteiger partial charge is 0.417 e. The van der Waals surface area contributed by atoms with E-state index in [9.17, 15) is 23.1 Å². The number of halogens is 3. The lowest BCUT2D eigenvalue weighted by Crippen LogP contribution is -2.27. The average molecular weight is 363 g/mol. The van der Waals surface area contributed by atoms with Crippen molar-refractivity contribution in [2.24, 2.45) is 11.0 Å². The molecular formula is C18H16F3N3O2. The molecule has 0 aliphatic rings. The number of hydrogen-bond donors (Lipinski definition) is 1. The second-order valence-corrected chi connectivity index (χ2v) is 5.99. The van der Waals surface area contributed by atoms with Crippen LogP contribution in [0.4, 0.5) is 13.2 Å². The van der Waals surface area contributed by atoms with Gasteiger partial charge in [-0.15, -0.1) is 0 Å². The largest absolute Gasteiger partial charge is 0.508 e. The van der Waals surface area contributed by atoms with Crippen molar-refractivity contribution in [2.75, 3.05) is 0 Å². The summed E-state index contributed by atoms with van der Waals surface area (Å²) in [6.45, 7) is 5.26. The number of phenols is 1. The van der Waals surface area contributed by atoms with E-state index in [0.717, 1.165) is 4.68 Å². The van der Waals surface area contributed by atoms with E-state index in [1.54, 1.807) is 6.92 Å². The van der Waals surface area contributed by atoms with Gasteiger partial charge in [-0.25, -0.2) is 0 Å². The second-order valence-electron chi connectivity index (χ2n) is 5.99. The summed E-state index contributed by atoms with van der Waals surface area (Å²) >= 11 is 0. The van der Waals surface area contributed by atoms with Crippen LogP contribution in [0.3, 0.4) is 0 Å². The highest BCUT2D eigenvalue weighted by atomic mass is 19.4. The lowest BCUT2D eigenvalue weighted by atomic mass is 10.0. The van der Waals surface area contributed by atoms with Gasteiger partial charge in [-0.3, -0.25) is 4.79 Å².